The number of hydrogen-bond acceptors (Lipinski definition) is 2. The number of anilines is 1. The zero-order valence-corrected chi connectivity index (χ0v) is 10.3. The van der Waals surface area contributed by atoms with Gasteiger partial charge in [-0.05, 0) is 37.5 Å². The van der Waals surface area contributed by atoms with E-state index in [0.29, 0.717) is 6.04 Å². The van der Waals surface area contributed by atoms with Crippen molar-refractivity contribution in [2.75, 3.05) is 4.90 Å². The molecule has 0 aliphatic carbocycles. The van der Waals surface area contributed by atoms with Gasteiger partial charge in [0.1, 0.15) is 0 Å². The van der Waals surface area contributed by atoms with Gasteiger partial charge in [0.25, 0.3) is 0 Å². The van der Waals surface area contributed by atoms with Crippen molar-refractivity contribution < 1.29 is 4.79 Å². The summed E-state index contributed by atoms with van der Waals surface area (Å²) in [5.74, 6) is 0.385. The monoisotopic (exact) mass is 227 g/mol. The average Bonchev–Trinajstić information content (AvgIpc) is 2.33. The summed E-state index contributed by atoms with van der Waals surface area (Å²) in [6, 6.07) is 6.95. The fourth-order valence-corrected chi connectivity index (χ4v) is 2.96. The van der Waals surface area contributed by atoms with E-state index in [1.165, 1.54) is 16.8 Å². The summed E-state index contributed by atoms with van der Waals surface area (Å²) >= 11 is 0. The number of carbonyl (C=O) groups excluding carboxylic acids is 1. The van der Waals surface area contributed by atoms with E-state index in [-0.39, 0.29) is 11.7 Å². The summed E-state index contributed by atoms with van der Waals surface area (Å²) in [5.41, 5.74) is 4.00. The number of allylic oxidation sites excluding steroid dienone is 1. The molecule has 0 unspecified atom stereocenters. The number of rotatable bonds is 0. The van der Waals surface area contributed by atoms with Gasteiger partial charge in [-0.2, -0.15) is 0 Å². The van der Waals surface area contributed by atoms with Gasteiger partial charge in [0, 0.05) is 23.8 Å². The Morgan fingerprint density at radius 1 is 1.35 bits per heavy atom. The Labute approximate surface area is 102 Å². The number of benzene rings is 1. The lowest BCUT2D eigenvalue weighted by Gasteiger charge is -2.41. The van der Waals surface area contributed by atoms with Crippen LogP contribution in [0.15, 0.2) is 30.5 Å². The van der Waals surface area contributed by atoms with Crippen molar-refractivity contribution in [2.45, 2.75) is 32.7 Å². The first-order valence-electron chi connectivity index (χ1n) is 6.27. The van der Waals surface area contributed by atoms with E-state index < -0.39 is 0 Å². The summed E-state index contributed by atoms with van der Waals surface area (Å²) in [6.07, 6.45) is 5.84. The van der Waals surface area contributed by atoms with Gasteiger partial charge in [0.05, 0.1) is 0 Å². The Morgan fingerprint density at radius 2 is 2.18 bits per heavy atom. The highest BCUT2D eigenvalue weighted by Gasteiger charge is 2.34. The molecule has 2 heterocycles. The number of carbonyl (C=O) groups is 1. The third-order valence-corrected chi connectivity index (χ3v) is 4.01. The number of aryl methyl sites for hydroxylation is 2. The molecule has 0 spiro atoms. The quantitative estimate of drug-likeness (QED) is 0.679. The fraction of sp³-hybridized carbons (Fsp3) is 0.400. The highest BCUT2D eigenvalue weighted by molar-refractivity contribution is 5.94. The van der Waals surface area contributed by atoms with Crippen LogP contribution in [0, 0.1) is 12.8 Å². The maximum absolute atomic E-state index is 11.7. The molecule has 2 nitrogen and oxygen atoms in total. The van der Waals surface area contributed by atoms with Gasteiger partial charge in [0.15, 0.2) is 5.78 Å². The van der Waals surface area contributed by atoms with E-state index in [1.54, 1.807) is 6.08 Å². The SMILES string of the molecule is Cc1ccc2c(c1)CC[C@H]1[C@H](C)C(=O)C=CN21. The highest BCUT2D eigenvalue weighted by Crippen LogP contribution is 2.36. The summed E-state index contributed by atoms with van der Waals surface area (Å²) in [6.45, 7) is 4.17. The highest BCUT2D eigenvalue weighted by atomic mass is 16.1. The van der Waals surface area contributed by atoms with Crippen LogP contribution >= 0.6 is 0 Å². The molecule has 0 saturated carbocycles. The van der Waals surface area contributed by atoms with Gasteiger partial charge in [-0.25, -0.2) is 0 Å². The molecule has 0 saturated heterocycles. The predicted molar refractivity (Wildman–Crippen MR) is 69.1 cm³/mol. The van der Waals surface area contributed by atoms with Crippen molar-refractivity contribution in [3.8, 4) is 0 Å². The molecule has 3 rings (SSSR count). The minimum Gasteiger partial charge on any atom is -0.344 e. The second-order valence-electron chi connectivity index (χ2n) is 5.15. The van der Waals surface area contributed by atoms with Crippen LogP contribution in [0.25, 0.3) is 0 Å². The van der Waals surface area contributed by atoms with E-state index in [2.05, 4.69) is 30.0 Å². The third kappa shape index (κ3) is 1.59. The topological polar surface area (TPSA) is 20.3 Å². The Kier molecular flexibility index (Phi) is 2.32. The van der Waals surface area contributed by atoms with Crippen molar-refractivity contribution in [2.24, 2.45) is 5.92 Å². The molecule has 0 fully saturated rings. The fourth-order valence-electron chi connectivity index (χ4n) is 2.96. The maximum atomic E-state index is 11.7. The zero-order valence-electron chi connectivity index (χ0n) is 10.3. The van der Waals surface area contributed by atoms with Crippen LogP contribution in [0.4, 0.5) is 5.69 Å². The lowest BCUT2D eigenvalue weighted by molar-refractivity contribution is -0.118. The average molecular weight is 227 g/mol. The van der Waals surface area contributed by atoms with Crippen LogP contribution in [-0.4, -0.2) is 11.8 Å². The van der Waals surface area contributed by atoms with E-state index in [1.807, 2.05) is 13.1 Å². The molecular weight excluding hydrogens is 210 g/mol. The molecule has 17 heavy (non-hydrogen) atoms. The first kappa shape index (κ1) is 10.6. The van der Waals surface area contributed by atoms with E-state index in [9.17, 15) is 4.79 Å². The van der Waals surface area contributed by atoms with E-state index in [0.717, 1.165) is 12.8 Å². The minimum atomic E-state index is 0.120. The van der Waals surface area contributed by atoms with Crippen LogP contribution in [-0.2, 0) is 11.2 Å². The molecular formula is C15H17NO. The van der Waals surface area contributed by atoms with Gasteiger partial charge in [-0.3, -0.25) is 4.79 Å². The molecule has 0 amide bonds. The molecule has 88 valence electrons. The Morgan fingerprint density at radius 3 is 3.00 bits per heavy atom. The molecule has 2 aliphatic rings. The van der Waals surface area contributed by atoms with E-state index >= 15 is 0 Å². The number of ketones is 1. The molecule has 0 N–H and O–H groups in total. The Hall–Kier alpha value is -1.57. The molecule has 2 aliphatic heterocycles. The summed E-state index contributed by atoms with van der Waals surface area (Å²) in [4.78, 5) is 14.0. The number of nitrogens with zero attached hydrogens (tertiary/aromatic N) is 1. The van der Waals surface area contributed by atoms with Crippen LogP contribution in [0.1, 0.15) is 24.5 Å². The molecule has 2 atom stereocenters. The third-order valence-electron chi connectivity index (χ3n) is 4.01. The Balaban J connectivity index is 2.07. The van der Waals surface area contributed by atoms with Crippen LogP contribution < -0.4 is 4.90 Å². The molecule has 0 aromatic heterocycles. The van der Waals surface area contributed by atoms with Gasteiger partial charge >= 0.3 is 0 Å². The smallest absolute Gasteiger partial charge is 0.162 e. The lowest BCUT2D eigenvalue weighted by atomic mass is 9.84. The van der Waals surface area contributed by atoms with Crippen LogP contribution in [0.5, 0.6) is 0 Å². The van der Waals surface area contributed by atoms with Crippen LogP contribution in [0.2, 0.25) is 0 Å². The molecule has 2 heteroatoms. The molecule has 1 aromatic carbocycles. The minimum absolute atomic E-state index is 0.120. The summed E-state index contributed by atoms with van der Waals surface area (Å²) < 4.78 is 0. The predicted octanol–water partition coefficient (Wildman–Crippen LogP) is 2.85. The molecule has 0 radical (unpaired) electrons. The second-order valence-corrected chi connectivity index (χ2v) is 5.15. The van der Waals surface area contributed by atoms with Crippen molar-refractivity contribution in [1.82, 2.24) is 0 Å². The van der Waals surface area contributed by atoms with Crippen molar-refractivity contribution in [3.63, 3.8) is 0 Å². The van der Waals surface area contributed by atoms with Gasteiger partial charge in [-0.1, -0.05) is 24.6 Å². The summed E-state index contributed by atoms with van der Waals surface area (Å²) in [7, 11) is 0. The second kappa shape index (κ2) is 3.73. The normalized spacial score (nSPS) is 26.7. The molecule has 0 bridgehead atoms. The van der Waals surface area contributed by atoms with Gasteiger partial charge in [-0.15, -0.1) is 0 Å². The van der Waals surface area contributed by atoms with Gasteiger partial charge < -0.3 is 4.90 Å². The standard InChI is InChI=1S/C15H17NO/c1-10-3-5-14-12(9-10)4-6-13-11(2)15(17)7-8-16(13)14/h3,5,7-9,11,13H,4,6H2,1-2H3/t11-,13-/m0/s1. The largest absolute Gasteiger partial charge is 0.344 e. The number of fused-ring (bicyclic) bond motifs is 3. The van der Waals surface area contributed by atoms with Crippen LogP contribution in [0.3, 0.4) is 0 Å². The first-order chi connectivity index (χ1) is 8.16. The molecule has 1 aromatic rings. The van der Waals surface area contributed by atoms with Crippen molar-refractivity contribution in [3.05, 3.63) is 41.6 Å². The van der Waals surface area contributed by atoms with Crippen molar-refractivity contribution in [1.29, 1.82) is 0 Å². The zero-order chi connectivity index (χ0) is 12.0. The summed E-state index contributed by atoms with van der Waals surface area (Å²) in [5, 5.41) is 0. The first-order valence-corrected chi connectivity index (χ1v) is 6.27. The lowest BCUT2D eigenvalue weighted by Crippen LogP contribution is -2.45. The number of hydrogen-bond donors (Lipinski definition) is 0. The van der Waals surface area contributed by atoms with E-state index in [4.69, 9.17) is 0 Å². The maximum Gasteiger partial charge on any atom is 0.162 e. The Bertz CT molecular complexity index is 504. The van der Waals surface area contributed by atoms with Gasteiger partial charge in [0.2, 0.25) is 0 Å². The van der Waals surface area contributed by atoms with Crippen molar-refractivity contribution >= 4 is 11.5 Å².